The molecule has 2 unspecified atom stereocenters. The monoisotopic (exact) mass is 183 g/mol. The summed E-state index contributed by atoms with van der Waals surface area (Å²) < 4.78 is 0. The Bertz CT molecular complexity index is 353. The van der Waals surface area contributed by atoms with Crippen LogP contribution in [0.2, 0.25) is 0 Å². The third kappa shape index (κ3) is 2.66. The molecule has 1 rings (SSSR count). The van der Waals surface area contributed by atoms with E-state index in [1.54, 1.807) is 0 Å². The van der Waals surface area contributed by atoms with E-state index in [2.05, 4.69) is 17.2 Å². The van der Waals surface area contributed by atoms with E-state index in [-0.39, 0.29) is 12.1 Å². The molecule has 0 aromatic heterocycles. The third-order valence-electron chi connectivity index (χ3n) is 1.97. The van der Waals surface area contributed by atoms with Crippen molar-refractivity contribution < 1.29 is 0 Å². The van der Waals surface area contributed by atoms with Crippen LogP contribution in [0.1, 0.15) is 18.5 Å². The minimum absolute atomic E-state index is 0.0174. The molecule has 0 amide bonds. The van der Waals surface area contributed by atoms with E-state index in [1.165, 1.54) is 0 Å². The molecule has 0 aliphatic heterocycles. The van der Waals surface area contributed by atoms with Gasteiger partial charge in [-0.3, -0.25) is 5.32 Å². The standard InChI is InChI=1S/C13H13N/c1-4-11(3)14-13(5-2)12-9-7-6-8-10-12/h1-2,6-11,13-14H,3H3. The predicted octanol–water partition coefficient (Wildman–Crippen LogP) is 1.97. The van der Waals surface area contributed by atoms with Crippen LogP contribution < -0.4 is 5.32 Å². The first-order valence-corrected chi connectivity index (χ1v) is 4.51. The van der Waals surface area contributed by atoms with Gasteiger partial charge in [0, 0.05) is 0 Å². The Morgan fingerprint density at radius 3 is 2.29 bits per heavy atom. The zero-order chi connectivity index (χ0) is 10.4. The Balaban J connectivity index is 2.76. The van der Waals surface area contributed by atoms with Gasteiger partial charge in [0.05, 0.1) is 12.1 Å². The summed E-state index contributed by atoms with van der Waals surface area (Å²) >= 11 is 0. The molecule has 0 bridgehead atoms. The SMILES string of the molecule is C#CC(C)NC(C#C)c1ccccc1. The van der Waals surface area contributed by atoms with Crippen molar-refractivity contribution >= 4 is 0 Å². The number of nitrogens with one attached hydrogen (secondary N) is 1. The lowest BCUT2D eigenvalue weighted by atomic mass is 10.1. The van der Waals surface area contributed by atoms with E-state index < -0.39 is 0 Å². The van der Waals surface area contributed by atoms with E-state index in [9.17, 15) is 0 Å². The molecule has 0 saturated carbocycles. The second-order valence-electron chi connectivity index (χ2n) is 3.07. The van der Waals surface area contributed by atoms with Crippen molar-refractivity contribution in [3.05, 3.63) is 35.9 Å². The van der Waals surface area contributed by atoms with Gasteiger partial charge in [-0.05, 0) is 12.5 Å². The number of benzene rings is 1. The van der Waals surface area contributed by atoms with E-state index in [0.717, 1.165) is 5.56 Å². The summed E-state index contributed by atoms with van der Waals surface area (Å²) in [6.45, 7) is 1.91. The van der Waals surface area contributed by atoms with Crippen LogP contribution in [0.4, 0.5) is 0 Å². The van der Waals surface area contributed by atoms with Crippen LogP contribution in [0.5, 0.6) is 0 Å². The Morgan fingerprint density at radius 1 is 1.14 bits per heavy atom. The van der Waals surface area contributed by atoms with Crippen molar-refractivity contribution in [2.75, 3.05) is 0 Å². The van der Waals surface area contributed by atoms with Gasteiger partial charge in [-0.15, -0.1) is 12.8 Å². The van der Waals surface area contributed by atoms with Crippen LogP contribution in [0.25, 0.3) is 0 Å². The highest BCUT2D eigenvalue weighted by atomic mass is 14.9. The summed E-state index contributed by atoms with van der Waals surface area (Å²) in [6.07, 6.45) is 10.7. The number of hydrogen-bond donors (Lipinski definition) is 1. The fourth-order valence-corrected chi connectivity index (χ4v) is 1.18. The maximum Gasteiger partial charge on any atom is 0.0952 e. The number of hydrogen-bond acceptors (Lipinski definition) is 1. The predicted molar refractivity (Wildman–Crippen MR) is 59.4 cm³/mol. The molecule has 0 spiro atoms. The smallest absolute Gasteiger partial charge is 0.0952 e. The van der Waals surface area contributed by atoms with Crippen molar-refractivity contribution in [1.29, 1.82) is 0 Å². The molecule has 0 aliphatic rings. The molecular formula is C13H13N. The summed E-state index contributed by atoms with van der Waals surface area (Å²) in [6, 6.07) is 9.73. The molecule has 0 saturated heterocycles. The fourth-order valence-electron chi connectivity index (χ4n) is 1.18. The van der Waals surface area contributed by atoms with Gasteiger partial charge in [-0.2, -0.15) is 0 Å². The molecule has 14 heavy (non-hydrogen) atoms. The molecule has 1 N–H and O–H groups in total. The van der Waals surface area contributed by atoms with E-state index in [0.29, 0.717) is 0 Å². The molecular weight excluding hydrogens is 170 g/mol. The highest BCUT2D eigenvalue weighted by molar-refractivity contribution is 5.26. The Kier molecular flexibility index (Phi) is 3.80. The van der Waals surface area contributed by atoms with E-state index in [1.807, 2.05) is 37.3 Å². The molecule has 1 aromatic rings. The van der Waals surface area contributed by atoms with Crippen LogP contribution in [0.3, 0.4) is 0 Å². The Labute approximate surface area is 85.5 Å². The number of terminal acetylenes is 2. The normalized spacial score (nSPS) is 13.6. The molecule has 1 aromatic carbocycles. The van der Waals surface area contributed by atoms with Crippen molar-refractivity contribution in [3.8, 4) is 24.7 Å². The average molecular weight is 183 g/mol. The van der Waals surface area contributed by atoms with Crippen molar-refractivity contribution in [2.45, 2.75) is 19.0 Å². The van der Waals surface area contributed by atoms with Gasteiger partial charge in [0.25, 0.3) is 0 Å². The van der Waals surface area contributed by atoms with Crippen LogP contribution in [0.15, 0.2) is 30.3 Å². The second-order valence-corrected chi connectivity index (χ2v) is 3.07. The molecule has 2 atom stereocenters. The maximum absolute atomic E-state index is 5.43. The van der Waals surface area contributed by atoms with Gasteiger partial charge in [-0.25, -0.2) is 0 Å². The zero-order valence-corrected chi connectivity index (χ0v) is 8.20. The molecule has 0 radical (unpaired) electrons. The van der Waals surface area contributed by atoms with Crippen LogP contribution in [-0.2, 0) is 0 Å². The number of rotatable bonds is 3. The Hall–Kier alpha value is -1.70. The lowest BCUT2D eigenvalue weighted by molar-refractivity contribution is 0.600. The van der Waals surface area contributed by atoms with E-state index in [4.69, 9.17) is 12.8 Å². The molecule has 1 nitrogen and oxygen atoms in total. The van der Waals surface area contributed by atoms with Gasteiger partial charge in [0.15, 0.2) is 0 Å². The highest BCUT2D eigenvalue weighted by Crippen LogP contribution is 2.11. The molecule has 70 valence electrons. The summed E-state index contributed by atoms with van der Waals surface area (Å²) in [7, 11) is 0. The first-order chi connectivity index (χ1) is 6.77. The highest BCUT2D eigenvalue weighted by Gasteiger charge is 2.08. The largest absolute Gasteiger partial charge is 0.287 e. The summed E-state index contributed by atoms with van der Waals surface area (Å²) in [5.41, 5.74) is 1.07. The lowest BCUT2D eigenvalue weighted by Gasteiger charge is -2.15. The van der Waals surface area contributed by atoms with Crippen LogP contribution in [-0.4, -0.2) is 6.04 Å². The second kappa shape index (κ2) is 5.12. The van der Waals surface area contributed by atoms with Crippen molar-refractivity contribution in [3.63, 3.8) is 0 Å². The Morgan fingerprint density at radius 2 is 1.79 bits per heavy atom. The van der Waals surface area contributed by atoms with Crippen LogP contribution >= 0.6 is 0 Å². The van der Waals surface area contributed by atoms with Gasteiger partial charge in [0.1, 0.15) is 0 Å². The average Bonchev–Trinajstić information content (AvgIpc) is 2.26. The molecule has 0 fully saturated rings. The summed E-state index contributed by atoms with van der Waals surface area (Å²) in [4.78, 5) is 0. The molecule has 1 heteroatoms. The fraction of sp³-hybridized carbons (Fsp3) is 0.231. The van der Waals surface area contributed by atoms with Gasteiger partial charge in [-0.1, -0.05) is 42.2 Å². The lowest BCUT2D eigenvalue weighted by Crippen LogP contribution is -2.28. The minimum atomic E-state index is -0.109. The van der Waals surface area contributed by atoms with Gasteiger partial charge < -0.3 is 0 Å². The van der Waals surface area contributed by atoms with Gasteiger partial charge in [0.2, 0.25) is 0 Å². The van der Waals surface area contributed by atoms with Crippen molar-refractivity contribution in [2.24, 2.45) is 0 Å². The van der Waals surface area contributed by atoms with E-state index >= 15 is 0 Å². The minimum Gasteiger partial charge on any atom is -0.287 e. The molecule has 0 aliphatic carbocycles. The zero-order valence-electron chi connectivity index (χ0n) is 8.20. The molecule has 0 heterocycles. The maximum atomic E-state index is 5.43. The quantitative estimate of drug-likeness (QED) is 0.706. The first-order valence-electron chi connectivity index (χ1n) is 4.51. The summed E-state index contributed by atoms with van der Waals surface area (Å²) in [5.74, 6) is 5.27. The third-order valence-corrected chi connectivity index (χ3v) is 1.97. The summed E-state index contributed by atoms with van der Waals surface area (Å²) in [5, 5.41) is 3.16. The van der Waals surface area contributed by atoms with Crippen molar-refractivity contribution in [1.82, 2.24) is 5.32 Å². The van der Waals surface area contributed by atoms with Crippen LogP contribution in [0, 0.1) is 24.7 Å². The topological polar surface area (TPSA) is 12.0 Å². The first kappa shape index (κ1) is 10.4. The van der Waals surface area contributed by atoms with Gasteiger partial charge >= 0.3 is 0 Å².